The van der Waals surface area contributed by atoms with Gasteiger partial charge in [-0.05, 0) is 18.2 Å². The highest BCUT2D eigenvalue weighted by molar-refractivity contribution is 9.10. The van der Waals surface area contributed by atoms with E-state index >= 15 is 0 Å². The van der Waals surface area contributed by atoms with Crippen molar-refractivity contribution < 1.29 is 9.53 Å². The minimum atomic E-state index is 0.530. The molecule has 2 rings (SSSR count). The molecule has 2 nitrogen and oxygen atoms in total. The van der Waals surface area contributed by atoms with Gasteiger partial charge in [-0.1, -0.05) is 27.5 Å². The number of ether oxygens (including phenoxy) is 1. The molecule has 0 unspecified atom stereocenters. The van der Waals surface area contributed by atoms with Crippen LogP contribution in [-0.4, -0.2) is 6.29 Å². The van der Waals surface area contributed by atoms with Gasteiger partial charge in [0, 0.05) is 15.9 Å². The minimum absolute atomic E-state index is 0.530. The Morgan fingerprint density at radius 3 is 2.88 bits per heavy atom. The summed E-state index contributed by atoms with van der Waals surface area (Å²) in [5.41, 5.74) is 0. The largest absolute Gasteiger partial charge is 0.455 e. The summed E-state index contributed by atoms with van der Waals surface area (Å²) in [6.07, 6.45) is 0.792. The third-order valence-corrected chi connectivity index (χ3v) is 3.47. The summed E-state index contributed by atoms with van der Waals surface area (Å²) in [5, 5.41) is 2.29. The molecule has 0 radical (unpaired) electrons. The van der Waals surface area contributed by atoms with Crippen LogP contribution in [0.3, 0.4) is 0 Å². The molecule has 1 aromatic heterocycles. The van der Waals surface area contributed by atoms with Gasteiger partial charge in [0.15, 0.2) is 6.29 Å². The lowest BCUT2D eigenvalue weighted by Crippen LogP contribution is -1.83. The van der Waals surface area contributed by atoms with Crippen molar-refractivity contribution in [1.82, 2.24) is 0 Å². The van der Waals surface area contributed by atoms with E-state index in [0.717, 1.165) is 10.8 Å². The number of hydrogen-bond acceptors (Lipinski definition) is 3. The van der Waals surface area contributed by atoms with Gasteiger partial charge < -0.3 is 4.74 Å². The average molecular weight is 318 g/mol. The van der Waals surface area contributed by atoms with Crippen LogP contribution in [0.4, 0.5) is 0 Å². The van der Waals surface area contributed by atoms with E-state index in [1.54, 1.807) is 23.6 Å². The zero-order chi connectivity index (χ0) is 11.5. The number of rotatable bonds is 3. The van der Waals surface area contributed by atoms with Crippen molar-refractivity contribution >= 4 is 45.2 Å². The van der Waals surface area contributed by atoms with E-state index in [1.165, 1.54) is 11.3 Å². The third-order valence-electron chi connectivity index (χ3n) is 1.83. The lowest BCUT2D eigenvalue weighted by molar-refractivity contribution is 0.112. The second-order valence-corrected chi connectivity index (χ2v) is 5.25. The number of hydrogen-bond donors (Lipinski definition) is 0. The van der Waals surface area contributed by atoms with E-state index in [-0.39, 0.29) is 0 Å². The first-order valence-corrected chi connectivity index (χ1v) is 6.41. The Labute approximate surface area is 110 Å². The summed E-state index contributed by atoms with van der Waals surface area (Å²) in [7, 11) is 0. The molecular weight excluding hydrogens is 312 g/mol. The Morgan fingerprint density at radius 1 is 1.38 bits per heavy atom. The van der Waals surface area contributed by atoms with Crippen molar-refractivity contribution in [2.24, 2.45) is 0 Å². The van der Waals surface area contributed by atoms with Crippen LogP contribution in [0.2, 0.25) is 5.02 Å². The Bertz CT molecular complexity index is 524. The lowest BCUT2D eigenvalue weighted by Gasteiger charge is -2.05. The van der Waals surface area contributed by atoms with Crippen molar-refractivity contribution in [3.8, 4) is 11.5 Å². The normalized spacial score (nSPS) is 10.1. The molecule has 0 atom stereocenters. The molecule has 5 heteroatoms. The molecule has 0 saturated heterocycles. The van der Waals surface area contributed by atoms with E-state index in [9.17, 15) is 4.79 Å². The van der Waals surface area contributed by atoms with Crippen LogP contribution < -0.4 is 4.74 Å². The molecule has 0 aliphatic heterocycles. The lowest BCUT2D eigenvalue weighted by atomic mass is 10.3. The Balaban J connectivity index is 2.26. The second kappa shape index (κ2) is 4.99. The molecular formula is C11H6BrClO2S. The number of carbonyl (C=O) groups is 1. The van der Waals surface area contributed by atoms with Crippen LogP contribution in [0.5, 0.6) is 11.5 Å². The predicted octanol–water partition coefficient (Wildman–Crippen LogP) is 4.77. The van der Waals surface area contributed by atoms with Crippen molar-refractivity contribution in [1.29, 1.82) is 0 Å². The Morgan fingerprint density at radius 2 is 2.19 bits per heavy atom. The maximum atomic E-state index is 10.5. The molecule has 0 aliphatic rings. The average Bonchev–Trinajstić information content (AvgIpc) is 2.71. The molecule has 0 amide bonds. The van der Waals surface area contributed by atoms with Gasteiger partial charge in [0.2, 0.25) is 0 Å². The Kier molecular flexibility index (Phi) is 3.63. The standard InChI is InChI=1S/C11H6BrClO2S/c12-7-1-2-10(13)11(3-7)15-8-4-9(5-14)16-6-8/h1-6H. The predicted molar refractivity (Wildman–Crippen MR) is 68.9 cm³/mol. The summed E-state index contributed by atoms with van der Waals surface area (Å²) in [4.78, 5) is 11.1. The minimum Gasteiger partial charge on any atom is -0.455 e. The zero-order valence-electron chi connectivity index (χ0n) is 7.94. The van der Waals surface area contributed by atoms with Gasteiger partial charge >= 0.3 is 0 Å². The van der Waals surface area contributed by atoms with Crippen LogP contribution in [0.1, 0.15) is 9.67 Å². The van der Waals surface area contributed by atoms with Crippen molar-refractivity contribution in [2.45, 2.75) is 0 Å². The summed E-state index contributed by atoms with van der Waals surface area (Å²) in [6, 6.07) is 7.03. The molecule has 0 aliphatic carbocycles. The first-order valence-electron chi connectivity index (χ1n) is 4.35. The highest BCUT2D eigenvalue weighted by Crippen LogP contribution is 2.33. The van der Waals surface area contributed by atoms with E-state index in [4.69, 9.17) is 16.3 Å². The van der Waals surface area contributed by atoms with E-state index in [0.29, 0.717) is 21.4 Å². The van der Waals surface area contributed by atoms with Gasteiger partial charge in [-0.2, -0.15) is 0 Å². The van der Waals surface area contributed by atoms with Gasteiger partial charge in [0.1, 0.15) is 11.5 Å². The topological polar surface area (TPSA) is 26.3 Å². The second-order valence-electron chi connectivity index (χ2n) is 2.98. The van der Waals surface area contributed by atoms with Crippen molar-refractivity contribution in [2.75, 3.05) is 0 Å². The van der Waals surface area contributed by atoms with E-state index < -0.39 is 0 Å². The van der Waals surface area contributed by atoms with Crippen LogP contribution in [0.15, 0.2) is 34.1 Å². The van der Waals surface area contributed by atoms with E-state index in [2.05, 4.69) is 15.9 Å². The third kappa shape index (κ3) is 2.64. The Hall–Kier alpha value is -0.840. The molecule has 2 aromatic rings. The molecule has 16 heavy (non-hydrogen) atoms. The number of thiophene rings is 1. The first-order chi connectivity index (χ1) is 7.69. The quantitative estimate of drug-likeness (QED) is 0.762. The van der Waals surface area contributed by atoms with Gasteiger partial charge in [-0.25, -0.2) is 0 Å². The van der Waals surface area contributed by atoms with Crippen molar-refractivity contribution in [3.63, 3.8) is 0 Å². The van der Waals surface area contributed by atoms with E-state index in [1.807, 2.05) is 6.07 Å². The first kappa shape index (κ1) is 11.6. The number of carbonyl (C=O) groups excluding carboxylic acids is 1. The fourth-order valence-electron chi connectivity index (χ4n) is 1.13. The smallest absolute Gasteiger partial charge is 0.160 e. The monoisotopic (exact) mass is 316 g/mol. The molecule has 0 N–H and O–H groups in total. The molecule has 0 spiro atoms. The van der Waals surface area contributed by atoms with Gasteiger partial charge in [-0.3, -0.25) is 4.79 Å². The molecule has 0 bridgehead atoms. The molecule has 1 heterocycles. The highest BCUT2D eigenvalue weighted by atomic mass is 79.9. The maximum Gasteiger partial charge on any atom is 0.160 e. The molecule has 0 fully saturated rings. The molecule has 0 saturated carbocycles. The van der Waals surface area contributed by atoms with Crippen molar-refractivity contribution in [3.05, 3.63) is 44.0 Å². The van der Waals surface area contributed by atoms with Crippen LogP contribution in [0, 0.1) is 0 Å². The van der Waals surface area contributed by atoms with Gasteiger partial charge in [0.25, 0.3) is 0 Å². The molecule has 82 valence electrons. The zero-order valence-corrected chi connectivity index (χ0v) is 11.1. The number of halogens is 2. The van der Waals surface area contributed by atoms with Gasteiger partial charge in [0.05, 0.1) is 9.90 Å². The number of aldehydes is 1. The SMILES string of the molecule is O=Cc1cc(Oc2cc(Br)ccc2Cl)cs1. The summed E-state index contributed by atoms with van der Waals surface area (Å²) < 4.78 is 6.45. The fraction of sp³-hybridized carbons (Fsp3) is 0. The fourth-order valence-corrected chi connectivity index (χ4v) is 2.24. The van der Waals surface area contributed by atoms with Crippen LogP contribution in [0.25, 0.3) is 0 Å². The highest BCUT2D eigenvalue weighted by Gasteiger charge is 2.05. The van der Waals surface area contributed by atoms with Crippen LogP contribution in [-0.2, 0) is 0 Å². The molecule has 1 aromatic carbocycles. The number of benzene rings is 1. The summed E-state index contributed by atoms with van der Waals surface area (Å²) >= 11 is 10.6. The summed E-state index contributed by atoms with van der Waals surface area (Å²) in [5.74, 6) is 1.18. The van der Waals surface area contributed by atoms with Gasteiger partial charge in [-0.15, -0.1) is 11.3 Å². The maximum absolute atomic E-state index is 10.5. The summed E-state index contributed by atoms with van der Waals surface area (Å²) in [6.45, 7) is 0. The van der Waals surface area contributed by atoms with Crippen LogP contribution >= 0.6 is 38.9 Å².